The van der Waals surface area contributed by atoms with Gasteiger partial charge < -0.3 is 4.74 Å². The summed E-state index contributed by atoms with van der Waals surface area (Å²) in [6, 6.07) is 1.48. The molecule has 1 unspecified atom stereocenters. The summed E-state index contributed by atoms with van der Waals surface area (Å²) in [6.07, 6.45) is 1.87. The molecule has 1 aliphatic carbocycles. The second-order valence-corrected chi connectivity index (χ2v) is 3.54. The second kappa shape index (κ2) is 2.21. The molecule has 1 saturated heterocycles. The fourth-order valence-electron chi connectivity index (χ4n) is 1.80. The van der Waals surface area contributed by atoms with Crippen LogP contribution < -0.4 is 0 Å². The van der Waals surface area contributed by atoms with Crippen LogP contribution in [0.1, 0.15) is 20.3 Å². The Bertz CT molecular complexity index is 135. The highest BCUT2D eigenvalue weighted by molar-refractivity contribution is 5.00. The highest BCUT2D eigenvalue weighted by Gasteiger charge is 2.46. The molecule has 2 heteroatoms. The topological polar surface area (TPSA) is 12.5 Å². The average molecular weight is 141 g/mol. The average Bonchev–Trinajstić information content (AvgIpc) is 2.63. The van der Waals surface area contributed by atoms with Crippen molar-refractivity contribution in [3.8, 4) is 0 Å². The molecular weight excluding hydrogens is 126 g/mol. The Hall–Kier alpha value is -0.0800. The third kappa shape index (κ3) is 0.956. The van der Waals surface area contributed by atoms with E-state index in [-0.39, 0.29) is 0 Å². The van der Waals surface area contributed by atoms with E-state index in [0.29, 0.717) is 12.1 Å². The molecule has 0 aromatic carbocycles. The second-order valence-electron chi connectivity index (χ2n) is 3.54. The third-order valence-electron chi connectivity index (χ3n) is 2.47. The number of nitrogens with zero attached hydrogens (tertiary/aromatic N) is 1. The van der Waals surface area contributed by atoms with E-state index in [1.807, 2.05) is 0 Å². The lowest BCUT2D eigenvalue weighted by Gasteiger charge is -2.29. The zero-order chi connectivity index (χ0) is 7.14. The van der Waals surface area contributed by atoms with Gasteiger partial charge in [0.1, 0.15) is 0 Å². The number of ether oxygens (including phenoxy) is 1. The summed E-state index contributed by atoms with van der Waals surface area (Å²) in [6.45, 7) is 6.61. The van der Waals surface area contributed by atoms with Gasteiger partial charge in [-0.15, -0.1) is 0 Å². The van der Waals surface area contributed by atoms with Gasteiger partial charge in [-0.25, -0.2) is 0 Å². The largest absolute Gasteiger partial charge is 0.375 e. The highest BCUT2D eigenvalue weighted by Crippen LogP contribution is 2.35. The van der Waals surface area contributed by atoms with Crippen LogP contribution in [0.3, 0.4) is 0 Å². The van der Waals surface area contributed by atoms with Crippen LogP contribution >= 0.6 is 0 Å². The van der Waals surface area contributed by atoms with E-state index in [1.165, 1.54) is 6.42 Å². The van der Waals surface area contributed by atoms with Crippen molar-refractivity contribution >= 4 is 0 Å². The Kier molecular flexibility index (Phi) is 1.46. The van der Waals surface area contributed by atoms with Gasteiger partial charge in [-0.05, 0) is 20.3 Å². The molecule has 0 amide bonds. The molecule has 2 fully saturated rings. The van der Waals surface area contributed by atoms with Crippen molar-refractivity contribution in [1.82, 2.24) is 4.90 Å². The minimum absolute atomic E-state index is 0.594. The zero-order valence-electron chi connectivity index (χ0n) is 6.71. The molecule has 2 nitrogen and oxygen atoms in total. The SMILES string of the molecule is CC(C)N1CCO[C@@H]2CC21. The van der Waals surface area contributed by atoms with Crippen LogP contribution in [-0.4, -0.2) is 36.2 Å². The number of hydrogen-bond donors (Lipinski definition) is 0. The van der Waals surface area contributed by atoms with Gasteiger partial charge in [0.2, 0.25) is 0 Å². The Morgan fingerprint density at radius 3 is 2.90 bits per heavy atom. The Morgan fingerprint density at radius 2 is 2.30 bits per heavy atom. The lowest BCUT2D eigenvalue weighted by Crippen LogP contribution is -2.41. The van der Waals surface area contributed by atoms with E-state index in [9.17, 15) is 0 Å². The summed E-state index contributed by atoms with van der Waals surface area (Å²) in [7, 11) is 0. The Balaban J connectivity index is 1.96. The molecule has 0 N–H and O–H groups in total. The summed E-state index contributed by atoms with van der Waals surface area (Å²) in [5.74, 6) is 0. The van der Waals surface area contributed by atoms with Gasteiger partial charge in [0.15, 0.2) is 0 Å². The van der Waals surface area contributed by atoms with Crippen molar-refractivity contribution in [3.05, 3.63) is 0 Å². The maximum Gasteiger partial charge on any atom is 0.0747 e. The molecule has 2 aliphatic rings. The predicted molar refractivity (Wildman–Crippen MR) is 40.0 cm³/mol. The van der Waals surface area contributed by atoms with Crippen LogP contribution in [-0.2, 0) is 4.74 Å². The molecule has 10 heavy (non-hydrogen) atoms. The van der Waals surface area contributed by atoms with Crippen LogP contribution in [0.15, 0.2) is 0 Å². The van der Waals surface area contributed by atoms with Gasteiger partial charge in [-0.3, -0.25) is 4.90 Å². The quantitative estimate of drug-likeness (QED) is 0.537. The smallest absolute Gasteiger partial charge is 0.0747 e. The van der Waals surface area contributed by atoms with Crippen molar-refractivity contribution in [1.29, 1.82) is 0 Å². The minimum Gasteiger partial charge on any atom is -0.375 e. The van der Waals surface area contributed by atoms with Gasteiger partial charge in [0.05, 0.1) is 12.7 Å². The zero-order valence-corrected chi connectivity index (χ0v) is 6.71. The molecule has 0 aromatic rings. The summed E-state index contributed by atoms with van der Waals surface area (Å²) in [5.41, 5.74) is 0. The number of rotatable bonds is 1. The van der Waals surface area contributed by atoms with Gasteiger partial charge in [-0.1, -0.05) is 0 Å². The molecular formula is C8H15NO. The van der Waals surface area contributed by atoms with Crippen LogP contribution in [0.25, 0.3) is 0 Å². The van der Waals surface area contributed by atoms with E-state index < -0.39 is 0 Å². The maximum absolute atomic E-state index is 5.49. The Morgan fingerprint density at radius 1 is 1.50 bits per heavy atom. The normalized spacial score (nSPS) is 39.9. The van der Waals surface area contributed by atoms with Crippen molar-refractivity contribution < 1.29 is 4.74 Å². The highest BCUT2D eigenvalue weighted by atomic mass is 16.5. The Labute approximate surface area is 62.2 Å². The van der Waals surface area contributed by atoms with E-state index in [1.54, 1.807) is 0 Å². The summed E-state index contributed by atoms with van der Waals surface area (Å²) in [4.78, 5) is 2.55. The van der Waals surface area contributed by atoms with E-state index in [0.717, 1.165) is 19.2 Å². The van der Waals surface area contributed by atoms with Crippen molar-refractivity contribution in [2.75, 3.05) is 13.2 Å². The van der Waals surface area contributed by atoms with Crippen molar-refractivity contribution in [2.45, 2.75) is 38.5 Å². The molecule has 1 saturated carbocycles. The number of fused-ring (bicyclic) bond motifs is 1. The van der Waals surface area contributed by atoms with Gasteiger partial charge >= 0.3 is 0 Å². The lowest BCUT2D eigenvalue weighted by molar-refractivity contribution is 0.0182. The first-order chi connectivity index (χ1) is 4.79. The minimum atomic E-state index is 0.594. The van der Waals surface area contributed by atoms with E-state index in [4.69, 9.17) is 4.74 Å². The van der Waals surface area contributed by atoms with Gasteiger partial charge in [0, 0.05) is 18.6 Å². The molecule has 58 valence electrons. The maximum atomic E-state index is 5.49. The molecule has 2 rings (SSSR count). The number of morpholine rings is 1. The fourth-order valence-corrected chi connectivity index (χ4v) is 1.80. The first-order valence-corrected chi connectivity index (χ1v) is 4.16. The molecule has 0 aromatic heterocycles. The fraction of sp³-hybridized carbons (Fsp3) is 1.00. The molecule has 0 radical (unpaired) electrons. The summed E-state index contributed by atoms with van der Waals surface area (Å²) < 4.78 is 5.49. The standard InChI is InChI=1S/C8H15NO/c1-6(2)9-3-4-10-8-5-7(8)9/h6-8H,3-5H2,1-2H3/t7?,8-/m1/s1. The van der Waals surface area contributed by atoms with Gasteiger partial charge in [-0.2, -0.15) is 0 Å². The first-order valence-electron chi connectivity index (χ1n) is 4.16. The summed E-state index contributed by atoms with van der Waals surface area (Å²) >= 11 is 0. The van der Waals surface area contributed by atoms with E-state index >= 15 is 0 Å². The van der Waals surface area contributed by atoms with Crippen LogP contribution in [0.4, 0.5) is 0 Å². The molecule has 2 atom stereocenters. The van der Waals surface area contributed by atoms with Crippen LogP contribution in [0.2, 0.25) is 0 Å². The van der Waals surface area contributed by atoms with Crippen LogP contribution in [0, 0.1) is 0 Å². The predicted octanol–water partition coefficient (Wildman–Crippen LogP) is 0.868. The first kappa shape index (κ1) is 6.62. The monoisotopic (exact) mass is 141 g/mol. The van der Waals surface area contributed by atoms with Gasteiger partial charge in [0.25, 0.3) is 0 Å². The lowest BCUT2D eigenvalue weighted by atomic mass is 10.3. The summed E-state index contributed by atoms with van der Waals surface area (Å²) in [5, 5.41) is 0. The molecule has 1 aliphatic heterocycles. The van der Waals surface area contributed by atoms with Crippen molar-refractivity contribution in [3.63, 3.8) is 0 Å². The van der Waals surface area contributed by atoms with Crippen molar-refractivity contribution in [2.24, 2.45) is 0 Å². The third-order valence-corrected chi connectivity index (χ3v) is 2.47. The molecule has 0 spiro atoms. The molecule has 1 heterocycles. The van der Waals surface area contributed by atoms with E-state index in [2.05, 4.69) is 18.7 Å². The number of hydrogen-bond acceptors (Lipinski definition) is 2. The molecule has 0 bridgehead atoms. The van der Waals surface area contributed by atoms with Crippen LogP contribution in [0.5, 0.6) is 0 Å².